The highest BCUT2D eigenvalue weighted by molar-refractivity contribution is 6.01. The minimum atomic E-state index is -0.266. The third kappa shape index (κ3) is 5.05. The maximum absolute atomic E-state index is 13.0. The average Bonchev–Trinajstić information content (AvgIpc) is 2.95. The Labute approximate surface area is 137 Å². The van der Waals surface area contributed by atoms with E-state index in [-0.39, 0.29) is 17.8 Å². The predicted molar refractivity (Wildman–Crippen MR) is 88.8 cm³/mol. The summed E-state index contributed by atoms with van der Waals surface area (Å²) in [5.41, 5.74) is 1.67. The van der Waals surface area contributed by atoms with Crippen LogP contribution < -0.4 is 0 Å². The van der Waals surface area contributed by atoms with Crippen LogP contribution >= 0.6 is 0 Å². The molecule has 1 amide bonds. The van der Waals surface area contributed by atoms with Gasteiger partial charge in [-0.2, -0.15) is 0 Å². The van der Waals surface area contributed by atoms with Crippen LogP contribution in [-0.4, -0.2) is 35.7 Å². The summed E-state index contributed by atoms with van der Waals surface area (Å²) in [6.07, 6.45) is 1.99. The third-order valence-electron chi connectivity index (χ3n) is 3.76. The Hall–Kier alpha value is -1.91. The lowest BCUT2D eigenvalue weighted by Gasteiger charge is -2.25. The lowest BCUT2D eigenvalue weighted by molar-refractivity contribution is -0.133. The summed E-state index contributed by atoms with van der Waals surface area (Å²) in [5.74, 6) is 0.247. The van der Waals surface area contributed by atoms with Gasteiger partial charge in [0, 0.05) is 19.4 Å². The SMILES string of the molecule is CCCN(C[C@@H]1CC(c2ccc(F)cc2)=NO1)C(=O)CC(C)C. The maximum atomic E-state index is 13.0. The number of hydrogen-bond acceptors (Lipinski definition) is 3. The molecule has 1 aliphatic rings. The van der Waals surface area contributed by atoms with Gasteiger partial charge in [0.2, 0.25) is 5.91 Å². The molecule has 5 heteroatoms. The Balaban J connectivity index is 1.93. The number of hydrogen-bond donors (Lipinski definition) is 0. The largest absolute Gasteiger partial charge is 0.390 e. The first-order chi connectivity index (χ1) is 11.0. The maximum Gasteiger partial charge on any atom is 0.222 e. The fraction of sp³-hybridized carbons (Fsp3) is 0.556. The van der Waals surface area contributed by atoms with Gasteiger partial charge >= 0.3 is 0 Å². The van der Waals surface area contributed by atoms with Gasteiger partial charge in [-0.15, -0.1) is 0 Å². The molecule has 0 saturated carbocycles. The summed E-state index contributed by atoms with van der Waals surface area (Å²) in [6, 6.07) is 6.24. The van der Waals surface area contributed by atoms with E-state index in [0.717, 1.165) is 24.2 Å². The summed E-state index contributed by atoms with van der Waals surface area (Å²) in [6.45, 7) is 7.43. The first-order valence-electron chi connectivity index (χ1n) is 8.26. The van der Waals surface area contributed by atoms with E-state index in [9.17, 15) is 9.18 Å². The molecule has 0 fully saturated rings. The van der Waals surface area contributed by atoms with Crippen molar-refractivity contribution in [3.63, 3.8) is 0 Å². The molecule has 1 aromatic carbocycles. The molecular formula is C18H25FN2O2. The van der Waals surface area contributed by atoms with E-state index in [2.05, 4.69) is 12.1 Å². The van der Waals surface area contributed by atoms with Crippen LogP contribution in [-0.2, 0) is 9.63 Å². The van der Waals surface area contributed by atoms with Crippen LogP contribution in [0.15, 0.2) is 29.4 Å². The summed E-state index contributed by atoms with van der Waals surface area (Å²) in [5, 5.41) is 4.11. The highest BCUT2D eigenvalue weighted by Crippen LogP contribution is 2.19. The van der Waals surface area contributed by atoms with Crippen LogP contribution in [0.25, 0.3) is 0 Å². The number of nitrogens with zero attached hydrogens (tertiary/aromatic N) is 2. The predicted octanol–water partition coefficient (Wildman–Crippen LogP) is 3.60. The molecule has 1 heterocycles. The van der Waals surface area contributed by atoms with E-state index in [1.54, 1.807) is 12.1 Å². The minimum Gasteiger partial charge on any atom is -0.390 e. The van der Waals surface area contributed by atoms with Crippen molar-refractivity contribution in [1.82, 2.24) is 4.90 Å². The van der Waals surface area contributed by atoms with E-state index < -0.39 is 0 Å². The topological polar surface area (TPSA) is 41.9 Å². The van der Waals surface area contributed by atoms with Crippen molar-refractivity contribution in [3.05, 3.63) is 35.6 Å². The van der Waals surface area contributed by atoms with Gasteiger partial charge in [0.15, 0.2) is 6.10 Å². The monoisotopic (exact) mass is 320 g/mol. The summed E-state index contributed by atoms with van der Waals surface area (Å²) >= 11 is 0. The quantitative estimate of drug-likeness (QED) is 0.770. The summed E-state index contributed by atoms with van der Waals surface area (Å²) < 4.78 is 13.0. The van der Waals surface area contributed by atoms with Gasteiger partial charge in [-0.05, 0) is 30.0 Å². The number of carbonyl (C=O) groups is 1. The first kappa shape index (κ1) is 17.4. The van der Waals surface area contributed by atoms with E-state index >= 15 is 0 Å². The van der Waals surface area contributed by atoms with E-state index in [1.807, 2.05) is 18.7 Å². The number of benzene rings is 1. The number of oxime groups is 1. The summed E-state index contributed by atoms with van der Waals surface area (Å²) in [4.78, 5) is 19.7. The van der Waals surface area contributed by atoms with Gasteiger partial charge < -0.3 is 9.74 Å². The van der Waals surface area contributed by atoms with Gasteiger partial charge in [0.1, 0.15) is 5.82 Å². The Morgan fingerprint density at radius 2 is 2.09 bits per heavy atom. The Morgan fingerprint density at radius 3 is 2.70 bits per heavy atom. The van der Waals surface area contributed by atoms with Crippen molar-refractivity contribution in [3.8, 4) is 0 Å². The van der Waals surface area contributed by atoms with Crippen LogP contribution in [0.5, 0.6) is 0 Å². The van der Waals surface area contributed by atoms with Crippen molar-refractivity contribution >= 4 is 11.6 Å². The van der Waals surface area contributed by atoms with Crippen molar-refractivity contribution in [2.24, 2.45) is 11.1 Å². The van der Waals surface area contributed by atoms with Gasteiger partial charge in [-0.3, -0.25) is 4.79 Å². The molecule has 2 rings (SSSR count). The number of rotatable bonds is 7. The smallest absolute Gasteiger partial charge is 0.222 e. The molecule has 1 atom stereocenters. The van der Waals surface area contributed by atoms with Crippen molar-refractivity contribution < 1.29 is 14.0 Å². The van der Waals surface area contributed by atoms with Crippen LogP contribution in [0.2, 0.25) is 0 Å². The van der Waals surface area contributed by atoms with Crippen LogP contribution in [0.1, 0.15) is 45.6 Å². The Bertz CT molecular complexity index is 555. The van der Waals surface area contributed by atoms with E-state index in [4.69, 9.17) is 4.84 Å². The van der Waals surface area contributed by atoms with Gasteiger partial charge in [0.25, 0.3) is 0 Å². The lowest BCUT2D eigenvalue weighted by atomic mass is 10.0. The third-order valence-corrected chi connectivity index (χ3v) is 3.76. The second kappa shape index (κ2) is 8.09. The number of amides is 1. The molecule has 1 aliphatic heterocycles. The zero-order chi connectivity index (χ0) is 16.8. The van der Waals surface area contributed by atoms with Crippen molar-refractivity contribution in [2.75, 3.05) is 13.1 Å². The van der Waals surface area contributed by atoms with E-state index in [1.165, 1.54) is 12.1 Å². The highest BCUT2D eigenvalue weighted by atomic mass is 19.1. The molecule has 0 saturated heterocycles. The minimum absolute atomic E-state index is 0.127. The Kier molecular flexibility index (Phi) is 6.13. The van der Waals surface area contributed by atoms with E-state index in [0.29, 0.717) is 25.3 Å². The van der Waals surface area contributed by atoms with Gasteiger partial charge in [0.05, 0.1) is 12.3 Å². The number of halogens is 1. The average molecular weight is 320 g/mol. The second-order valence-corrected chi connectivity index (χ2v) is 6.41. The molecule has 23 heavy (non-hydrogen) atoms. The van der Waals surface area contributed by atoms with Crippen LogP contribution in [0.4, 0.5) is 4.39 Å². The fourth-order valence-corrected chi connectivity index (χ4v) is 2.65. The molecule has 0 N–H and O–H groups in total. The van der Waals surface area contributed by atoms with Crippen molar-refractivity contribution in [1.29, 1.82) is 0 Å². The zero-order valence-corrected chi connectivity index (χ0v) is 14.1. The standard InChI is InChI=1S/C18H25FN2O2/c1-4-9-21(18(22)10-13(2)3)12-16-11-17(20-23-16)14-5-7-15(19)8-6-14/h5-8,13,16H,4,9-12H2,1-3H3/t16-/m0/s1. The molecule has 0 spiro atoms. The lowest BCUT2D eigenvalue weighted by Crippen LogP contribution is -2.38. The summed E-state index contributed by atoms with van der Waals surface area (Å²) in [7, 11) is 0. The molecule has 0 aromatic heterocycles. The normalized spacial score (nSPS) is 17.1. The van der Waals surface area contributed by atoms with Crippen LogP contribution in [0, 0.1) is 11.7 Å². The molecule has 0 radical (unpaired) electrons. The molecule has 0 aliphatic carbocycles. The zero-order valence-electron chi connectivity index (χ0n) is 14.1. The van der Waals surface area contributed by atoms with Crippen molar-refractivity contribution in [2.45, 2.75) is 46.1 Å². The highest BCUT2D eigenvalue weighted by Gasteiger charge is 2.26. The molecule has 0 bridgehead atoms. The molecule has 4 nitrogen and oxygen atoms in total. The molecule has 126 valence electrons. The molecule has 0 unspecified atom stereocenters. The van der Waals surface area contributed by atoms with Crippen LogP contribution in [0.3, 0.4) is 0 Å². The Morgan fingerprint density at radius 1 is 1.39 bits per heavy atom. The molecule has 1 aromatic rings. The second-order valence-electron chi connectivity index (χ2n) is 6.41. The number of carbonyl (C=O) groups excluding carboxylic acids is 1. The first-order valence-corrected chi connectivity index (χ1v) is 8.26. The van der Waals surface area contributed by atoms with Gasteiger partial charge in [-0.25, -0.2) is 4.39 Å². The fourth-order valence-electron chi connectivity index (χ4n) is 2.65. The molecular weight excluding hydrogens is 295 g/mol. The van der Waals surface area contributed by atoms with Gasteiger partial charge in [-0.1, -0.05) is 38.1 Å².